The summed E-state index contributed by atoms with van der Waals surface area (Å²) in [5.74, 6) is 1.61. The van der Waals surface area contributed by atoms with E-state index in [-0.39, 0.29) is 0 Å². The molecule has 0 amide bonds. The fourth-order valence-corrected chi connectivity index (χ4v) is 3.87. The van der Waals surface area contributed by atoms with Crippen molar-refractivity contribution >= 4 is 27.7 Å². The van der Waals surface area contributed by atoms with Gasteiger partial charge in [0.2, 0.25) is 10.0 Å². The van der Waals surface area contributed by atoms with Gasteiger partial charge in [0.15, 0.2) is 5.96 Å². The van der Waals surface area contributed by atoms with Crippen LogP contribution < -0.4 is 15.4 Å². The number of aliphatic imine (C=N–C) groups is 1. The van der Waals surface area contributed by atoms with Gasteiger partial charge in [-0.05, 0) is 32.9 Å². The van der Waals surface area contributed by atoms with Crippen molar-refractivity contribution in [3.8, 4) is 0 Å². The number of nitrogens with zero attached hydrogens (tertiary/aromatic N) is 1. The Labute approximate surface area is 150 Å². The molecule has 6 nitrogen and oxygen atoms in total. The van der Waals surface area contributed by atoms with Gasteiger partial charge in [0.05, 0.1) is 12.8 Å². The van der Waals surface area contributed by atoms with Crippen LogP contribution in [0.2, 0.25) is 0 Å². The second kappa shape index (κ2) is 9.90. The van der Waals surface area contributed by atoms with Crippen molar-refractivity contribution in [3.05, 3.63) is 30.3 Å². The lowest BCUT2D eigenvalue weighted by molar-refractivity contribution is 0.464. The average Bonchev–Trinajstić information content (AvgIpc) is 2.48. The van der Waals surface area contributed by atoms with Crippen molar-refractivity contribution in [2.75, 3.05) is 31.6 Å². The Bertz CT molecular complexity index is 616. The van der Waals surface area contributed by atoms with Gasteiger partial charge in [0.1, 0.15) is 0 Å². The lowest BCUT2D eigenvalue weighted by Gasteiger charge is -2.23. The van der Waals surface area contributed by atoms with E-state index in [1.54, 1.807) is 11.8 Å². The summed E-state index contributed by atoms with van der Waals surface area (Å²) in [7, 11) is -3.26. The van der Waals surface area contributed by atoms with Gasteiger partial charge in [-0.2, -0.15) is 0 Å². The van der Waals surface area contributed by atoms with Crippen molar-refractivity contribution in [2.24, 2.45) is 4.99 Å². The van der Waals surface area contributed by atoms with Crippen LogP contribution >= 0.6 is 11.8 Å². The van der Waals surface area contributed by atoms with E-state index in [2.05, 4.69) is 32.5 Å². The van der Waals surface area contributed by atoms with Crippen LogP contribution in [-0.4, -0.2) is 51.6 Å². The first-order chi connectivity index (χ1) is 11.2. The second-order valence-corrected chi connectivity index (χ2v) is 8.96. The molecule has 0 aliphatic carbocycles. The number of hydrogen-bond donors (Lipinski definition) is 3. The van der Waals surface area contributed by atoms with Gasteiger partial charge < -0.3 is 10.6 Å². The van der Waals surface area contributed by atoms with E-state index in [0.29, 0.717) is 12.5 Å². The molecule has 24 heavy (non-hydrogen) atoms. The average molecular weight is 373 g/mol. The van der Waals surface area contributed by atoms with Gasteiger partial charge in [-0.25, -0.2) is 13.1 Å². The van der Waals surface area contributed by atoms with Crippen LogP contribution in [0.4, 0.5) is 0 Å². The summed E-state index contributed by atoms with van der Waals surface area (Å²) in [6, 6.07) is 10.2. The minimum atomic E-state index is -3.26. The molecule has 0 radical (unpaired) electrons. The molecular weight excluding hydrogens is 344 g/mol. The molecule has 0 saturated carbocycles. The van der Waals surface area contributed by atoms with Crippen molar-refractivity contribution < 1.29 is 8.42 Å². The van der Waals surface area contributed by atoms with E-state index in [4.69, 9.17) is 0 Å². The maximum absolute atomic E-state index is 11.4. The predicted octanol–water partition coefficient (Wildman–Crippen LogP) is 1.66. The largest absolute Gasteiger partial charge is 0.357 e. The van der Waals surface area contributed by atoms with Crippen LogP contribution in [-0.2, 0) is 10.0 Å². The zero-order valence-electron chi connectivity index (χ0n) is 14.8. The third-order valence-electron chi connectivity index (χ3n) is 2.84. The van der Waals surface area contributed by atoms with Crippen molar-refractivity contribution in [3.63, 3.8) is 0 Å². The summed E-state index contributed by atoms with van der Waals surface area (Å²) < 4.78 is 25.3. The number of guanidine groups is 1. The minimum Gasteiger partial charge on any atom is -0.357 e. The van der Waals surface area contributed by atoms with Gasteiger partial charge in [0.25, 0.3) is 0 Å². The summed E-state index contributed by atoms with van der Waals surface area (Å²) in [5.41, 5.74) is -0.630. The van der Waals surface area contributed by atoms with Crippen molar-refractivity contribution in [1.29, 1.82) is 0 Å². The van der Waals surface area contributed by atoms with Crippen molar-refractivity contribution in [2.45, 2.75) is 31.2 Å². The molecule has 1 aromatic rings. The SMILES string of the molecule is CCNC(=NCC(C)(C)NS(C)(=O)=O)NCCSc1ccccc1. The summed E-state index contributed by atoms with van der Waals surface area (Å²) in [6.07, 6.45) is 1.16. The smallest absolute Gasteiger partial charge is 0.209 e. The molecule has 0 aliphatic heterocycles. The fraction of sp³-hybridized carbons (Fsp3) is 0.562. The summed E-state index contributed by atoms with van der Waals surface area (Å²) in [4.78, 5) is 5.71. The Hall–Kier alpha value is -1.25. The maximum Gasteiger partial charge on any atom is 0.209 e. The molecule has 0 bridgehead atoms. The van der Waals surface area contributed by atoms with Gasteiger partial charge in [-0.1, -0.05) is 18.2 Å². The highest BCUT2D eigenvalue weighted by atomic mass is 32.2. The molecule has 0 aliphatic rings. The van der Waals surface area contributed by atoms with Crippen LogP contribution in [0.15, 0.2) is 40.2 Å². The lowest BCUT2D eigenvalue weighted by Crippen LogP contribution is -2.47. The molecule has 0 heterocycles. The molecule has 3 N–H and O–H groups in total. The Morgan fingerprint density at radius 2 is 1.88 bits per heavy atom. The fourth-order valence-electron chi connectivity index (χ4n) is 2.01. The number of nitrogens with one attached hydrogen (secondary N) is 3. The topological polar surface area (TPSA) is 82.6 Å². The first-order valence-electron chi connectivity index (χ1n) is 7.91. The third-order valence-corrected chi connectivity index (χ3v) is 4.78. The molecule has 136 valence electrons. The van der Waals surface area contributed by atoms with Gasteiger partial charge in [-0.3, -0.25) is 4.99 Å². The van der Waals surface area contributed by atoms with Gasteiger partial charge >= 0.3 is 0 Å². The van der Waals surface area contributed by atoms with Crippen molar-refractivity contribution in [1.82, 2.24) is 15.4 Å². The molecule has 0 saturated heterocycles. The molecule has 0 fully saturated rings. The molecule has 8 heteroatoms. The highest BCUT2D eigenvalue weighted by Crippen LogP contribution is 2.15. The zero-order valence-corrected chi connectivity index (χ0v) is 16.4. The molecular formula is C16H28N4O2S2. The van der Waals surface area contributed by atoms with Crippen LogP contribution in [0.3, 0.4) is 0 Å². The number of rotatable bonds is 9. The number of hydrogen-bond acceptors (Lipinski definition) is 4. The van der Waals surface area contributed by atoms with E-state index in [1.165, 1.54) is 4.90 Å². The first kappa shape index (κ1) is 20.8. The lowest BCUT2D eigenvalue weighted by atomic mass is 10.1. The van der Waals surface area contributed by atoms with E-state index < -0.39 is 15.6 Å². The van der Waals surface area contributed by atoms with Crippen LogP contribution in [0, 0.1) is 0 Å². The van der Waals surface area contributed by atoms with E-state index >= 15 is 0 Å². The quantitative estimate of drug-likeness (QED) is 0.266. The van der Waals surface area contributed by atoms with E-state index in [9.17, 15) is 8.42 Å². The first-order valence-corrected chi connectivity index (χ1v) is 10.8. The normalized spacial score (nSPS) is 12.9. The molecule has 0 unspecified atom stereocenters. The summed E-state index contributed by atoms with van der Waals surface area (Å²) in [6.45, 7) is 7.48. The zero-order chi connectivity index (χ0) is 18.1. The maximum atomic E-state index is 11.4. The Kier molecular flexibility index (Phi) is 8.58. The van der Waals surface area contributed by atoms with E-state index in [1.807, 2.05) is 39.0 Å². The monoisotopic (exact) mass is 372 g/mol. The molecule has 0 atom stereocenters. The number of thioether (sulfide) groups is 1. The molecule has 0 aromatic heterocycles. The van der Waals surface area contributed by atoms with Crippen LogP contribution in [0.1, 0.15) is 20.8 Å². The molecule has 1 aromatic carbocycles. The Balaban J connectivity index is 2.47. The molecule has 0 spiro atoms. The molecule has 1 rings (SSSR count). The minimum absolute atomic E-state index is 0.348. The van der Waals surface area contributed by atoms with Crippen LogP contribution in [0.25, 0.3) is 0 Å². The third kappa shape index (κ3) is 9.79. The van der Waals surface area contributed by atoms with Gasteiger partial charge in [-0.15, -0.1) is 11.8 Å². The van der Waals surface area contributed by atoms with E-state index in [0.717, 1.165) is 25.1 Å². The second-order valence-electron chi connectivity index (χ2n) is 6.04. The number of sulfonamides is 1. The predicted molar refractivity (Wildman–Crippen MR) is 103 cm³/mol. The van der Waals surface area contributed by atoms with Crippen LogP contribution in [0.5, 0.6) is 0 Å². The standard InChI is InChI=1S/C16H28N4O2S2/c1-5-17-15(19-13-16(2,3)20-24(4,21)22)18-11-12-23-14-9-7-6-8-10-14/h6-10,20H,5,11-13H2,1-4H3,(H2,17,18,19). The Morgan fingerprint density at radius 1 is 1.21 bits per heavy atom. The highest BCUT2D eigenvalue weighted by molar-refractivity contribution is 7.99. The highest BCUT2D eigenvalue weighted by Gasteiger charge is 2.21. The Morgan fingerprint density at radius 3 is 2.46 bits per heavy atom. The number of benzene rings is 1. The summed E-state index contributed by atoms with van der Waals surface area (Å²) >= 11 is 1.78. The van der Waals surface area contributed by atoms with Gasteiger partial charge in [0, 0.05) is 29.3 Å². The summed E-state index contributed by atoms with van der Waals surface area (Å²) in [5, 5.41) is 6.44.